The summed E-state index contributed by atoms with van der Waals surface area (Å²) in [7, 11) is 1.84. The Morgan fingerprint density at radius 1 is 1.00 bits per heavy atom. The molecular weight excluding hydrogens is 384 g/mol. The highest BCUT2D eigenvalue weighted by Gasteiger charge is 2.25. The van der Waals surface area contributed by atoms with Crippen LogP contribution in [-0.4, -0.2) is 18.9 Å². The van der Waals surface area contributed by atoms with Crippen molar-refractivity contribution >= 4 is 21.6 Å². The summed E-state index contributed by atoms with van der Waals surface area (Å²) in [5, 5.41) is 0.698. The van der Waals surface area contributed by atoms with E-state index in [1.165, 1.54) is 9.44 Å². The number of fused-ring (bicyclic) bond motifs is 3. The molecule has 1 aliphatic carbocycles. The van der Waals surface area contributed by atoms with Gasteiger partial charge in [0, 0.05) is 11.9 Å². The number of aromatic nitrogens is 4. The van der Waals surface area contributed by atoms with Crippen LogP contribution in [-0.2, 0) is 19.9 Å². The van der Waals surface area contributed by atoms with Gasteiger partial charge >= 0.3 is 0 Å². The van der Waals surface area contributed by atoms with Crippen LogP contribution in [0.2, 0.25) is 0 Å². The van der Waals surface area contributed by atoms with E-state index < -0.39 is 0 Å². The van der Waals surface area contributed by atoms with Crippen molar-refractivity contribution in [2.24, 2.45) is 7.05 Å². The Morgan fingerprint density at radius 2 is 1.72 bits per heavy atom. The molecule has 0 spiro atoms. The average molecular weight is 407 g/mol. The average Bonchev–Trinajstić information content (AvgIpc) is 3.18. The van der Waals surface area contributed by atoms with E-state index in [9.17, 15) is 9.59 Å². The Labute approximate surface area is 171 Å². The highest BCUT2D eigenvalue weighted by molar-refractivity contribution is 7.18. The fourth-order valence-corrected chi connectivity index (χ4v) is 5.68. The zero-order valence-electron chi connectivity index (χ0n) is 16.7. The lowest BCUT2D eigenvalue weighted by atomic mass is 9.97. The Kier molecular flexibility index (Phi) is 4.10. The van der Waals surface area contributed by atoms with E-state index in [-0.39, 0.29) is 11.1 Å². The predicted molar refractivity (Wildman–Crippen MR) is 116 cm³/mol. The quantitative estimate of drug-likeness (QED) is 0.512. The number of aryl methyl sites for hydroxylation is 3. The van der Waals surface area contributed by atoms with Gasteiger partial charge in [0.1, 0.15) is 16.3 Å². The van der Waals surface area contributed by atoms with E-state index in [1.807, 2.05) is 44.3 Å². The fourth-order valence-electron chi connectivity index (χ4n) is 4.38. The van der Waals surface area contributed by atoms with Gasteiger partial charge < -0.3 is 0 Å². The maximum Gasteiger partial charge on any atom is 0.296 e. The predicted octanol–water partition coefficient (Wildman–Crippen LogP) is 3.43. The molecule has 1 aliphatic rings. The lowest BCUT2D eigenvalue weighted by Gasteiger charge is -2.11. The first-order chi connectivity index (χ1) is 14.0. The summed E-state index contributed by atoms with van der Waals surface area (Å²) in [4.78, 5) is 33.9. The van der Waals surface area contributed by atoms with E-state index in [4.69, 9.17) is 4.98 Å². The zero-order valence-corrected chi connectivity index (χ0v) is 17.5. The summed E-state index contributed by atoms with van der Waals surface area (Å²) in [6.45, 7) is 3.67. The van der Waals surface area contributed by atoms with Crippen LogP contribution in [0.1, 0.15) is 34.8 Å². The molecule has 29 heavy (non-hydrogen) atoms. The van der Waals surface area contributed by atoms with Gasteiger partial charge in [-0.15, -0.1) is 11.3 Å². The second-order valence-corrected chi connectivity index (χ2v) is 8.68. The van der Waals surface area contributed by atoms with Crippen molar-refractivity contribution in [3.05, 3.63) is 73.0 Å². The molecule has 0 N–H and O–H groups in total. The van der Waals surface area contributed by atoms with Gasteiger partial charge in [-0.25, -0.2) is 9.67 Å². The summed E-state index contributed by atoms with van der Waals surface area (Å²) in [5.41, 5.74) is 2.67. The lowest BCUT2D eigenvalue weighted by Crippen LogP contribution is -2.28. The van der Waals surface area contributed by atoms with Crippen molar-refractivity contribution in [2.75, 3.05) is 0 Å². The molecule has 7 heteroatoms. The van der Waals surface area contributed by atoms with Crippen molar-refractivity contribution in [1.29, 1.82) is 0 Å². The second-order valence-electron chi connectivity index (χ2n) is 7.60. The molecule has 6 nitrogen and oxygen atoms in total. The lowest BCUT2D eigenvalue weighted by molar-refractivity contribution is 0.630. The summed E-state index contributed by atoms with van der Waals surface area (Å²) < 4.78 is 4.91. The molecule has 5 rings (SSSR count). The van der Waals surface area contributed by atoms with Crippen molar-refractivity contribution in [3.63, 3.8) is 0 Å². The monoisotopic (exact) mass is 406 g/mol. The van der Waals surface area contributed by atoms with Gasteiger partial charge in [-0.05, 0) is 57.2 Å². The standard InChI is InChI=1S/C22H22N4O2S/c1-13-19(22(28)26(24(13)3)15-9-5-4-6-10-15)25-14(2)23-20-18(21(25)27)16-11-7-8-12-17(16)29-20/h4-6,9-10H,7-8,11-12H2,1-3H3. The number of hydrogen-bond donors (Lipinski definition) is 0. The van der Waals surface area contributed by atoms with Crippen molar-refractivity contribution in [3.8, 4) is 11.4 Å². The molecule has 1 aromatic carbocycles. The number of nitrogens with zero attached hydrogens (tertiary/aromatic N) is 4. The number of thiophene rings is 1. The molecule has 0 amide bonds. The molecule has 0 aliphatic heterocycles. The third-order valence-corrected chi connectivity index (χ3v) is 7.09. The second kappa shape index (κ2) is 6.56. The molecular formula is C22H22N4O2S. The van der Waals surface area contributed by atoms with Crippen LogP contribution >= 0.6 is 11.3 Å². The molecule has 0 atom stereocenters. The van der Waals surface area contributed by atoms with Crippen LogP contribution < -0.4 is 11.1 Å². The fraction of sp³-hybridized carbons (Fsp3) is 0.318. The summed E-state index contributed by atoms with van der Waals surface area (Å²) in [6.07, 6.45) is 4.18. The maximum absolute atomic E-state index is 13.6. The zero-order chi connectivity index (χ0) is 20.3. The SMILES string of the molecule is Cc1nc2sc3c(c2c(=O)n1-c1c(C)n(C)n(-c2ccccc2)c1=O)CCCC3. The van der Waals surface area contributed by atoms with E-state index in [1.54, 1.807) is 27.6 Å². The molecule has 0 bridgehead atoms. The van der Waals surface area contributed by atoms with Crippen molar-refractivity contribution in [2.45, 2.75) is 39.5 Å². The normalized spacial score (nSPS) is 13.8. The molecule has 0 unspecified atom stereocenters. The topological polar surface area (TPSA) is 61.8 Å². The largest absolute Gasteiger partial charge is 0.296 e. The third-order valence-electron chi connectivity index (χ3n) is 5.90. The highest BCUT2D eigenvalue weighted by atomic mass is 32.1. The Bertz CT molecular complexity index is 1370. The molecule has 3 aromatic heterocycles. The first-order valence-electron chi connectivity index (χ1n) is 9.87. The molecule has 4 aromatic rings. The van der Waals surface area contributed by atoms with E-state index >= 15 is 0 Å². The maximum atomic E-state index is 13.6. The summed E-state index contributed by atoms with van der Waals surface area (Å²) in [5.74, 6) is 0.548. The van der Waals surface area contributed by atoms with Gasteiger partial charge in [0.2, 0.25) is 0 Å². The number of benzene rings is 1. The van der Waals surface area contributed by atoms with Crippen molar-refractivity contribution < 1.29 is 0 Å². The van der Waals surface area contributed by atoms with E-state index in [2.05, 4.69) is 0 Å². The molecule has 0 saturated heterocycles. The summed E-state index contributed by atoms with van der Waals surface area (Å²) in [6, 6.07) is 9.48. The summed E-state index contributed by atoms with van der Waals surface area (Å²) >= 11 is 1.63. The van der Waals surface area contributed by atoms with Crippen LogP contribution in [0.4, 0.5) is 0 Å². The first kappa shape index (κ1) is 18.1. The van der Waals surface area contributed by atoms with Crippen LogP contribution in [0.3, 0.4) is 0 Å². The van der Waals surface area contributed by atoms with Gasteiger partial charge in [-0.2, -0.15) is 0 Å². The van der Waals surface area contributed by atoms with Gasteiger partial charge in [0.05, 0.1) is 16.8 Å². The minimum atomic E-state index is -0.216. The molecule has 0 radical (unpaired) electrons. The number of hydrogen-bond acceptors (Lipinski definition) is 4. The van der Waals surface area contributed by atoms with Gasteiger partial charge in [-0.1, -0.05) is 18.2 Å². The number of para-hydroxylation sites is 1. The molecule has 0 saturated carbocycles. The molecule has 3 heterocycles. The third kappa shape index (κ3) is 2.57. The van der Waals surface area contributed by atoms with Gasteiger partial charge in [0.25, 0.3) is 11.1 Å². The first-order valence-corrected chi connectivity index (χ1v) is 10.7. The smallest absolute Gasteiger partial charge is 0.283 e. The van der Waals surface area contributed by atoms with Crippen LogP contribution in [0.5, 0.6) is 0 Å². The number of rotatable bonds is 2. The Balaban J connectivity index is 1.84. The van der Waals surface area contributed by atoms with Gasteiger partial charge in [-0.3, -0.25) is 18.8 Å². The van der Waals surface area contributed by atoms with E-state index in [0.29, 0.717) is 16.9 Å². The van der Waals surface area contributed by atoms with Crippen LogP contribution in [0, 0.1) is 13.8 Å². The minimum Gasteiger partial charge on any atom is -0.283 e. The van der Waals surface area contributed by atoms with Gasteiger partial charge in [0.15, 0.2) is 0 Å². The molecule has 0 fully saturated rings. The van der Waals surface area contributed by atoms with Crippen molar-refractivity contribution in [1.82, 2.24) is 18.9 Å². The Morgan fingerprint density at radius 3 is 2.48 bits per heavy atom. The van der Waals surface area contributed by atoms with Crippen LogP contribution in [0.15, 0.2) is 39.9 Å². The minimum absolute atomic E-state index is 0.127. The molecule has 148 valence electrons. The van der Waals surface area contributed by atoms with E-state index in [0.717, 1.165) is 47.5 Å². The van der Waals surface area contributed by atoms with Crippen LogP contribution in [0.25, 0.3) is 21.6 Å². The Hall–Kier alpha value is -2.93. The highest BCUT2D eigenvalue weighted by Crippen LogP contribution is 2.34.